The SMILES string of the molecule is O=C(Cc1cccs1)Nc1nnc(C2CC(=O)N(c3ccccc3)C2)o1. The summed E-state index contributed by atoms with van der Waals surface area (Å²) >= 11 is 1.52. The van der Waals surface area contributed by atoms with E-state index >= 15 is 0 Å². The second-order valence-corrected chi connectivity index (χ2v) is 7.02. The zero-order chi connectivity index (χ0) is 17.9. The largest absolute Gasteiger partial charge is 0.407 e. The molecule has 3 heterocycles. The molecule has 4 rings (SSSR count). The van der Waals surface area contributed by atoms with Crippen molar-refractivity contribution in [2.24, 2.45) is 0 Å². The van der Waals surface area contributed by atoms with E-state index in [9.17, 15) is 9.59 Å². The van der Waals surface area contributed by atoms with Gasteiger partial charge >= 0.3 is 6.01 Å². The van der Waals surface area contributed by atoms with Gasteiger partial charge in [0.2, 0.25) is 17.7 Å². The first kappa shape index (κ1) is 16.5. The predicted octanol–water partition coefficient (Wildman–Crippen LogP) is 2.83. The number of nitrogens with zero attached hydrogens (tertiary/aromatic N) is 3. The second kappa shape index (κ2) is 7.09. The van der Waals surface area contributed by atoms with Crippen molar-refractivity contribution in [3.63, 3.8) is 0 Å². The van der Waals surface area contributed by atoms with E-state index in [1.165, 1.54) is 11.3 Å². The van der Waals surface area contributed by atoms with Crippen molar-refractivity contribution in [3.8, 4) is 0 Å². The van der Waals surface area contributed by atoms with E-state index in [4.69, 9.17) is 4.42 Å². The Labute approximate surface area is 153 Å². The molecule has 132 valence electrons. The van der Waals surface area contributed by atoms with Crippen LogP contribution in [0.15, 0.2) is 52.3 Å². The Balaban J connectivity index is 1.40. The van der Waals surface area contributed by atoms with Gasteiger partial charge in [-0.15, -0.1) is 16.4 Å². The van der Waals surface area contributed by atoms with Gasteiger partial charge in [-0.2, -0.15) is 0 Å². The Hall–Kier alpha value is -3.00. The van der Waals surface area contributed by atoms with Crippen LogP contribution in [0.2, 0.25) is 0 Å². The highest BCUT2D eigenvalue weighted by atomic mass is 32.1. The smallest absolute Gasteiger partial charge is 0.322 e. The highest BCUT2D eigenvalue weighted by molar-refractivity contribution is 7.10. The summed E-state index contributed by atoms with van der Waals surface area (Å²) in [5, 5.41) is 12.4. The molecular formula is C18H16N4O3S. The summed E-state index contributed by atoms with van der Waals surface area (Å²) in [6.07, 6.45) is 0.568. The molecular weight excluding hydrogens is 352 g/mol. The first-order chi connectivity index (χ1) is 12.7. The fourth-order valence-electron chi connectivity index (χ4n) is 2.92. The first-order valence-electron chi connectivity index (χ1n) is 8.20. The summed E-state index contributed by atoms with van der Waals surface area (Å²) in [7, 11) is 0. The number of carbonyl (C=O) groups excluding carboxylic acids is 2. The standard InChI is InChI=1S/C18H16N4O3S/c23-15(10-14-7-4-8-26-14)19-18-21-20-17(25-18)12-9-16(24)22(11-12)13-5-2-1-3-6-13/h1-8,12H,9-11H2,(H,19,21,23). The van der Waals surface area contributed by atoms with Gasteiger partial charge in [0.05, 0.1) is 12.3 Å². The molecule has 0 aliphatic carbocycles. The van der Waals surface area contributed by atoms with Crippen molar-refractivity contribution < 1.29 is 14.0 Å². The summed E-state index contributed by atoms with van der Waals surface area (Å²) < 4.78 is 5.56. The molecule has 1 aliphatic rings. The van der Waals surface area contributed by atoms with Gasteiger partial charge in [0.15, 0.2) is 0 Å². The van der Waals surface area contributed by atoms with Gasteiger partial charge < -0.3 is 9.32 Å². The summed E-state index contributed by atoms with van der Waals surface area (Å²) in [5.41, 5.74) is 0.851. The maximum Gasteiger partial charge on any atom is 0.322 e. The van der Waals surface area contributed by atoms with Crippen LogP contribution >= 0.6 is 11.3 Å². The van der Waals surface area contributed by atoms with Crippen molar-refractivity contribution in [1.29, 1.82) is 0 Å². The highest BCUT2D eigenvalue weighted by Gasteiger charge is 2.35. The van der Waals surface area contributed by atoms with E-state index < -0.39 is 0 Å². The van der Waals surface area contributed by atoms with Gasteiger partial charge in [-0.25, -0.2) is 0 Å². The van der Waals surface area contributed by atoms with E-state index in [0.29, 0.717) is 18.9 Å². The Kier molecular flexibility index (Phi) is 4.49. The Morgan fingerprint density at radius 2 is 2.08 bits per heavy atom. The lowest BCUT2D eigenvalue weighted by Crippen LogP contribution is -2.24. The average Bonchev–Trinajstić information content (AvgIpc) is 3.37. The predicted molar refractivity (Wildman–Crippen MR) is 97.1 cm³/mol. The molecule has 0 radical (unpaired) electrons. The number of thiophene rings is 1. The molecule has 0 saturated carbocycles. The lowest BCUT2D eigenvalue weighted by Gasteiger charge is -2.15. The van der Waals surface area contributed by atoms with Crippen LogP contribution in [0.3, 0.4) is 0 Å². The number of benzene rings is 1. The maximum absolute atomic E-state index is 12.3. The molecule has 2 aromatic heterocycles. The molecule has 0 bridgehead atoms. The van der Waals surface area contributed by atoms with Gasteiger partial charge in [-0.05, 0) is 23.6 Å². The average molecular weight is 368 g/mol. The van der Waals surface area contributed by atoms with Crippen LogP contribution in [0.5, 0.6) is 0 Å². The molecule has 1 atom stereocenters. The zero-order valence-electron chi connectivity index (χ0n) is 13.8. The first-order valence-corrected chi connectivity index (χ1v) is 9.08. The van der Waals surface area contributed by atoms with E-state index in [2.05, 4.69) is 15.5 Å². The molecule has 1 saturated heterocycles. The normalized spacial score (nSPS) is 16.8. The van der Waals surface area contributed by atoms with E-state index in [1.54, 1.807) is 4.90 Å². The minimum Gasteiger partial charge on any atom is -0.407 e. The third-order valence-corrected chi connectivity index (χ3v) is 5.02. The lowest BCUT2D eigenvalue weighted by molar-refractivity contribution is -0.117. The fourth-order valence-corrected chi connectivity index (χ4v) is 3.62. The molecule has 2 amide bonds. The van der Waals surface area contributed by atoms with Crippen LogP contribution in [0, 0.1) is 0 Å². The van der Waals surface area contributed by atoms with Crippen LogP contribution < -0.4 is 10.2 Å². The number of hydrogen-bond acceptors (Lipinski definition) is 6. The molecule has 7 nitrogen and oxygen atoms in total. The third kappa shape index (κ3) is 3.50. The van der Waals surface area contributed by atoms with Gasteiger partial charge in [0.1, 0.15) is 0 Å². The summed E-state index contributed by atoms with van der Waals surface area (Å²) in [4.78, 5) is 27.0. The topological polar surface area (TPSA) is 88.3 Å². The van der Waals surface area contributed by atoms with E-state index in [1.807, 2.05) is 47.8 Å². The summed E-state index contributed by atoms with van der Waals surface area (Å²) in [5.74, 6) is -0.0138. The van der Waals surface area contributed by atoms with Gasteiger partial charge in [0.25, 0.3) is 0 Å². The quantitative estimate of drug-likeness (QED) is 0.748. The van der Waals surface area contributed by atoms with Crippen molar-refractivity contribution in [2.45, 2.75) is 18.8 Å². The molecule has 8 heteroatoms. The number of nitrogens with one attached hydrogen (secondary N) is 1. The molecule has 0 spiro atoms. The van der Waals surface area contributed by atoms with Crippen molar-refractivity contribution in [1.82, 2.24) is 10.2 Å². The van der Waals surface area contributed by atoms with Crippen LogP contribution in [0.25, 0.3) is 0 Å². The van der Waals surface area contributed by atoms with Gasteiger partial charge in [-0.1, -0.05) is 29.4 Å². The third-order valence-electron chi connectivity index (χ3n) is 4.14. The number of rotatable bonds is 5. The number of aromatic nitrogens is 2. The lowest BCUT2D eigenvalue weighted by atomic mass is 10.1. The molecule has 1 N–H and O–H groups in total. The van der Waals surface area contributed by atoms with Gasteiger partial charge in [0, 0.05) is 23.5 Å². The van der Waals surface area contributed by atoms with Gasteiger partial charge in [-0.3, -0.25) is 14.9 Å². The number of anilines is 2. The molecule has 1 fully saturated rings. The highest BCUT2D eigenvalue weighted by Crippen LogP contribution is 2.31. The van der Waals surface area contributed by atoms with Crippen LogP contribution in [0.4, 0.5) is 11.7 Å². The fraction of sp³-hybridized carbons (Fsp3) is 0.222. The molecule has 3 aromatic rings. The molecule has 26 heavy (non-hydrogen) atoms. The Bertz CT molecular complexity index is 908. The minimum absolute atomic E-state index is 0.0164. The van der Waals surface area contributed by atoms with E-state index in [-0.39, 0.29) is 30.2 Å². The maximum atomic E-state index is 12.3. The number of amides is 2. The van der Waals surface area contributed by atoms with Crippen LogP contribution in [-0.2, 0) is 16.0 Å². The molecule has 1 aromatic carbocycles. The number of hydrogen-bond donors (Lipinski definition) is 1. The summed E-state index contributed by atoms with van der Waals surface area (Å²) in [6.45, 7) is 0.480. The van der Waals surface area contributed by atoms with Crippen molar-refractivity contribution in [2.75, 3.05) is 16.8 Å². The number of para-hydroxylation sites is 1. The minimum atomic E-state index is -0.212. The molecule has 1 aliphatic heterocycles. The van der Waals surface area contributed by atoms with Crippen molar-refractivity contribution in [3.05, 3.63) is 58.6 Å². The van der Waals surface area contributed by atoms with Crippen LogP contribution in [0.1, 0.15) is 23.1 Å². The molecule has 1 unspecified atom stereocenters. The van der Waals surface area contributed by atoms with Crippen molar-refractivity contribution >= 4 is 34.9 Å². The van der Waals surface area contributed by atoms with Crippen LogP contribution in [-0.4, -0.2) is 28.6 Å². The van der Waals surface area contributed by atoms with E-state index in [0.717, 1.165) is 10.6 Å². The Morgan fingerprint density at radius 1 is 1.23 bits per heavy atom. The number of carbonyl (C=O) groups is 2. The second-order valence-electron chi connectivity index (χ2n) is 5.99. The Morgan fingerprint density at radius 3 is 2.85 bits per heavy atom. The summed E-state index contributed by atoms with van der Waals surface area (Å²) in [6, 6.07) is 13.3. The zero-order valence-corrected chi connectivity index (χ0v) is 14.6. The monoisotopic (exact) mass is 368 g/mol.